The van der Waals surface area contributed by atoms with Crippen molar-refractivity contribution in [1.82, 2.24) is 0 Å². The predicted molar refractivity (Wildman–Crippen MR) is 40.3 cm³/mol. The summed E-state index contributed by atoms with van der Waals surface area (Å²) < 4.78 is 7.19. The van der Waals surface area contributed by atoms with Gasteiger partial charge in [0.15, 0.2) is 0 Å². The van der Waals surface area contributed by atoms with Crippen molar-refractivity contribution in [2.75, 3.05) is 0 Å². The summed E-state index contributed by atoms with van der Waals surface area (Å²) in [4.78, 5) is 0. The molecule has 0 fully saturated rings. The van der Waals surface area contributed by atoms with Crippen LogP contribution < -0.4 is 0 Å². The van der Waals surface area contributed by atoms with Gasteiger partial charge >= 0.3 is 0 Å². The Bertz CT molecular complexity index is 99.4. The van der Waals surface area contributed by atoms with Crippen molar-refractivity contribution in [3.63, 3.8) is 0 Å². The Morgan fingerprint density at radius 1 is 1.78 bits per heavy atom. The molecule has 0 amide bonds. The first-order valence-corrected chi connectivity index (χ1v) is 3.48. The van der Waals surface area contributed by atoms with Crippen molar-refractivity contribution < 1.29 is 6.48 Å². The van der Waals surface area contributed by atoms with Gasteiger partial charge in [0.05, 0.1) is 7.45 Å². The maximum absolute atomic E-state index is 9.10. The molecule has 1 heteroatoms. The van der Waals surface area contributed by atoms with Crippen LogP contribution in [0, 0.1) is 0 Å². The SMILES string of the molecule is [2H]C(O)(C=C)CCCCC. The number of unbranched alkanes of at least 4 members (excludes halogenated alkanes) is 2. The molecular formula is C8H16O. The number of rotatable bonds is 5. The lowest BCUT2D eigenvalue weighted by atomic mass is 10.1. The molecule has 0 heterocycles. The van der Waals surface area contributed by atoms with Crippen molar-refractivity contribution >= 4 is 0 Å². The highest BCUT2D eigenvalue weighted by Crippen LogP contribution is 2.02. The van der Waals surface area contributed by atoms with Crippen LogP contribution in [0.1, 0.15) is 34.0 Å². The van der Waals surface area contributed by atoms with E-state index in [1.54, 1.807) is 0 Å². The van der Waals surface area contributed by atoms with E-state index < -0.39 is 6.08 Å². The average molecular weight is 129 g/mol. The van der Waals surface area contributed by atoms with E-state index in [1.165, 1.54) is 6.08 Å². The molecule has 1 nitrogen and oxygen atoms in total. The van der Waals surface area contributed by atoms with Crippen LogP contribution in [-0.4, -0.2) is 11.2 Å². The highest BCUT2D eigenvalue weighted by molar-refractivity contribution is 4.77. The first kappa shape index (κ1) is 6.81. The Hall–Kier alpha value is -0.300. The van der Waals surface area contributed by atoms with E-state index in [0.717, 1.165) is 19.3 Å². The van der Waals surface area contributed by atoms with Gasteiger partial charge in [-0.1, -0.05) is 32.3 Å². The van der Waals surface area contributed by atoms with Crippen LogP contribution in [-0.2, 0) is 0 Å². The lowest BCUT2D eigenvalue weighted by Crippen LogP contribution is -1.99. The zero-order valence-corrected chi connectivity index (χ0v) is 6.06. The van der Waals surface area contributed by atoms with Crippen molar-refractivity contribution in [3.05, 3.63) is 12.7 Å². The molecule has 0 rings (SSSR count). The van der Waals surface area contributed by atoms with Gasteiger partial charge < -0.3 is 5.11 Å². The van der Waals surface area contributed by atoms with E-state index in [2.05, 4.69) is 13.5 Å². The molecule has 0 saturated carbocycles. The fourth-order valence-corrected chi connectivity index (χ4v) is 0.658. The molecule has 54 valence electrons. The first-order chi connectivity index (χ1) is 4.62. The Labute approximate surface area is 58.8 Å². The molecule has 0 bridgehead atoms. The maximum Gasteiger partial charge on any atom is 0.0718 e. The molecule has 0 radical (unpaired) electrons. The monoisotopic (exact) mass is 129 g/mol. The van der Waals surface area contributed by atoms with E-state index in [0.29, 0.717) is 6.42 Å². The van der Waals surface area contributed by atoms with Crippen LogP contribution in [0.2, 0.25) is 0 Å². The lowest BCUT2D eigenvalue weighted by molar-refractivity contribution is 0.208. The zero-order chi connectivity index (χ0) is 8.04. The molecule has 1 unspecified atom stereocenters. The van der Waals surface area contributed by atoms with Crippen LogP contribution in [0.5, 0.6) is 0 Å². The molecule has 0 aliphatic heterocycles. The molecule has 0 aromatic rings. The van der Waals surface area contributed by atoms with Gasteiger partial charge in [-0.2, -0.15) is 0 Å². The molecule has 1 atom stereocenters. The summed E-state index contributed by atoms with van der Waals surface area (Å²) in [5.41, 5.74) is 0. The molecule has 1 N–H and O–H groups in total. The third-order valence-corrected chi connectivity index (χ3v) is 1.27. The third kappa shape index (κ3) is 5.57. The fourth-order valence-electron chi connectivity index (χ4n) is 0.658. The van der Waals surface area contributed by atoms with Gasteiger partial charge in [-0.15, -0.1) is 6.58 Å². The van der Waals surface area contributed by atoms with Gasteiger partial charge in [-0.25, -0.2) is 0 Å². The van der Waals surface area contributed by atoms with Gasteiger partial charge in [-0.3, -0.25) is 0 Å². The zero-order valence-electron chi connectivity index (χ0n) is 7.06. The highest BCUT2D eigenvalue weighted by atomic mass is 16.3. The summed E-state index contributed by atoms with van der Waals surface area (Å²) in [7, 11) is 0. The van der Waals surface area contributed by atoms with E-state index in [9.17, 15) is 0 Å². The fraction of sp³-hybridized carbons (Fsp3) is 0.750. The van der Waals surface area contributed by atoms with E-state index >= 15 is 0 Å². The van der Waals surface area contributed by atoms with Gasteiger partial charge in [0.2, 0.25) is 0 Å². The van der Waals surface area contributed by atoms with Crippen LogP contribution >= 0.6 is 0 Å². The van der Waals surface area contributed by atoms with Crippen LogP contribution in [0.4, 0.5) is 0 Å². The minimum absolute atomic E-state index is 0.504. The molecule has 0 aromatic heterocycles. The summed E-state index contributed by atoms with van der Waals surface area (Å²) in [5, 5.41) is 9.10. The minimum atomic E-state index is -1.39. The average Bonchev–Trinajstić information content (AvgIpc) is 1.89. The Balaban J connectivity index is 3.37. The number of aliphatic hydroxyl groups is 1. The summed E-state index contributed by atoms with van der Waals surface area (Å²) in [6.45, 7) is 5.47. The highest BCUT2D eigenvalue weighted by Gasteiger charge is 1.94. The quantitative estimate of drug-likeness (QED) is 0.445. The molecule has 0 saturated heterocycles. The maximum atomic E-state index is 9.10. The van der Waals surface area contributed by atoms with Crippen LogP contribution in [0.3, 0.4) is 0 Å². The second-order valence-corrected chi connectivity index (χ2v) is 2.15. The van der Waals surface area contributed by atoms with Gasteiger partial charge in [0.1, 0.15) is 0 Å². The second-order valence-electron chi connectivity index (χ2n) is 2.15. The Morgan fingerprint density at radius 3 is 2.89 bits per heavy atom. The summed E-state index contributed by atoms with van der Waals surface area (Å²) in [6.07, 6.45) is 3.49. The van der Waals surface area contributed by atoms with Gasteiger partial charge in [0.25, 0.3) is 0 Å². The Kier molecular flexibility index (Phi) is 4.41. The number of hydrogen-bond acceptors (Lipinski definition) is 1. The largest absolute Gasteiger partial charge is 0.389 e. The van der Waals surface area contributed by atoms with E-state index in [4.69, 9.17) is 6.48 Å². The van der Waals surface area contributed by atoms with Crippen LogP contribution in [0.15, 0.2) is 12.7 Å². The minimum Gasteiger partial charge on any atom is -0.389 e. The summed E-state index contributed by atoms with van der Waals surface area (Å²) in [5.74, 6) is 0. The predicted octanol–water partition coefficient (Wildman–Crippen LogP) is 2.11. The lowest BCUT2D eigenvalue weighted by Gasteiger charge is -2.01. The summed E-state index contributed by atoms with van der Waals surface area (Å²) >= 11 is 0. The molecule has 9 heavy (non-hydrogen) atoms. The Morgan fingerprint density at radius 2 is 2.44 bits per heavy atom. The normalized spacial score (nSPS) is 18.2. The molecule has 0 spiro atoms. The molecule has 0 aromatic carbocycles. The molecule has 0 aliphatic carbocycles. The van der Waals surface area contributed by atoms with Gasteiger partial charge in [0, 0.05) is 0 Å². The molecular weight excluding hydrogens is 112 g/mol. The second kappa shape index (κ2) is 5.83. The van der Waals surface area contributed by atoms with E-state index in [1.807, 2.05) is 0 Å². The van der Waals surface area contributed by atoms with Crippen molar-refractivity contribution in [2.45, 2.75) is 38.7 Å². The topological polar surface area (TPSA) is 20.2 Å². The third-order valence-electron chi connectivity index (χ3n) is 1.27. The summed E-state index contributed by atoms with van der Waals surface area (Å²) in [6, 6.07) is 0. The standard InChI is InChI=1S/C8H16O/c1-3-5-6-7-8(9)4-2/h4,8-9H,2-3,5-7H2,1H3/i8D. The number of hydrogen-bond donors (Lipinski definition) is 1. The molecule has 0 aliphatic rings. The van der Waals surface area contributed by atoms with Crippen molar-refractivity contribution in [3.8, 4) is 0 Å². The van der Waals surface area contributed by atoms with Crippen molar-refractivity contribution in [1.29, 1.82) is 0 Å². The first-order valence-electron chi connectivity index (χ1n) is 3.98. The van der Waals surface area contributed by atoms with E-state index in [-0.39, 0.29) is 0 Å². The smallest absolute Gasteiger partial charge is 0.0718 e. The van der Waals surface area contributed by atoms with Crippen LogP contribution in [0.25, 0.3) is 0 Å². The van der Waals surface area contributed by atoms with Crippen molar-refractivity contribution in [2.24, 2.45) is 0 Å². The van der Waals surface area contributed by atoms with Gasteiger partial charge in [-0.05, 0) is 6.42 Å².